The Hall–Kier alpha value is -1.07. The Morgan fingerprint density at radius 1 is 1.33 bits per heavy atom. The van der Waals surface area contributed by atoms with Crippen molar-refractivity contribution in [1.29, 1.82) is 0 Å². The van der Waals surface area contributed by atoms with E-state index in [1.165, 1.54) is 0 Å². The standard InChI is InChI=1S/C12H14BrClN2O2/c1-8(14)11(17)15-5-6-16-12(18)9-3-2-4-10(13)7-9/h2-4,7-8H,5-6H2,1H3,(H,15,17)(H,16,18). The predicted molar refractivity (Wildman–Crippen MR) is 74.8 cm³/mol. The number of carbonyl (C=O) groups excluding carboxylic acids is 2. The molecule has 0 fully saturated rings. The maximum absolute atomic E-state index is 11.7. The van der Waals surface area contributed by atoms with Crippen LogP contribution >= 0.6 is 27.5 Å². The summed E-state index contributed by atoms with van der Waals surface area (Å²) in [6.45, 7) is 2.31. The van der Waals surface area contributed by atoms with Crippen LogP contribution in [0.3, 0.4) is 0 Å². The minimum absolute atomic E-state index is 0.176. The van der Waals surface area contributed by atoms with Crippen LogP contribution in [-0.4, -0.2) is 30.3 Å². The zero-order chi connectivity index (χ0) is 13.5. The van der Waals surface area contributed by atoms with E-state index in [0.717, 1.165) is 4.47 Å². The van der Waals surface area contributed by atoms with Crippen molar-refractivity contribution in [3.63, 3.8) is 0 Å². The lowest BCUT2D eigenvalue weighted by Crippen LogP contribution is -2.37. The number of alkyl halides is 1. The second kappa shape index (κ2) is 7.38. The van der Waals surface area contributed by atoms with Gasteiger partial charge in [-0.1, -0.05) is 22.0 Å². The van der Waals surface area contributed by atoms with Gasteiger partial charge in [-0.2, -0.15) is 0 Å². The van der Waals surface area contributed by atoms with E-state index in [0.29, 0.717) is 18.7 Å². The van der Waals surface area contributed by atoms with Gasteiger partial charge in [0.25, 0.3) is 5.91 Å². The molecule has 1 rings (SSSR count). The van der Waals surface area contributed by atoms with Gasteiger partial charge in [-0.25, -0.2) is 0 Å². The van der Waals surface area contributed by atoms with Gasteiger partial charge >= 0.3 is 0 Å². The largest absolute Gasteiger partial charge is 0.353 e. The van der Waals surface area contributed by atoms with Crippen LogP contribution in [0.5, 0.6) is 0 Å². The van der Waals surface area contributed by atoms with E-state index in [-0.39, 0.29) is 11.8 Å². The highest BCUT2D eigenvalue weighted by Crippen LogP contribution is 2.11. The summed E-state index contributed by atoms with van der Waals surface area (Å²) in [5.41, 5.74) is 0.571. The van der Waals surface area contributed by atoms with Crippen LogP contribution in [0.4, 0.5) is 0 Å². The molecule has 1 unspecified atom stereocenters. The number of amides is 2. The SMILES string of the molecule is CC(Cl)C(=O)NCCNC(=O)c1cccc(Br)c1. The molecule has 0 radical (unpaired) electrons. The Labute approximate surface area is 119 Å². The van der Waals surface area contributed by atoms with Crippen LogP contribution in [-0.2, 0) is 4.79 Å². The van der Waals surface area contributed by atoms with Crippen molar-refractivity contribution in [3.05, 3.63) is 34.3 Å². The molecule has 0 aliphatic heterocycles. The fourth-order valence-electron chi connectivity index (χ4n) is 1.23. The molecule has 2 N–H and O–H groups in total. The number of benzene rings is 1. The molecule has 2 amide bonds. The quantitative estimate of drug-likeness (QED) is 0.639. The number of hydrogen-bond donors (Lipinski definition) is 2. The molecule has 0 aliphatic rings. The third-order valence-electron chi connectivity index (χ3n) is 2.16. The van der Waals surface area contributed by atoms with Crippen molar-refractivity contribution in [2.75, 3.05) is 13.1 Å². The van der Waals surface area contributed by atoms with Gasteiger partial charge in [-0.15, -0.1) is 11.6 Å². The molecule has 0 saturated carbocycles. The van der Waals surface area contributed by atoms with E-state index in [9.17, 15) is 9.59 Å². The summed E-state index contributed by atoms with van der Waals surface area (Å²) in [4.78, 5) is 22.8. The maximum atomic E-state index is 11.7. The Bertz CT molecular complexity index is 438. The van der Waals surface area contributed by atoms with E-state index in [4.69, 9.17) is 11.6 Å². The predicted octanol–water partition coefficient (Wildman–Crippen LogP) is 1.92. The topological polar surface area (TPSA) is 58.2 Å². The van der Waals surface area contributed by atoms with Crippen molar-refractivity contribution in [1.82, 2.24) is 10.6 Å². The van der Waals surface area contributed by atoms with Crippen molar-refractivity contribution >= 4 is 39.3 Å². The fraction of sp³-hybridized carbons (Fsp3) is 0.333. The van der Waals surface area contributed by atoms with Crippen LogP contribution in [0.25, 0.3) is 0 Å². The minimum atomic E-state index is -0.564. The van der Waals surface area contributed by atoms with Gasteiger partial charge in [0.1, 0.15) is 5.38 Å². The lowest BCUT2D eigenvalue weighted by molar-refractivity contribution is -0.120. The number of nitrogens with one attached hydrogen (secondary N) is 2. The second-order valence-electron chi connectivity index (χ2n) is 3.67. The van der Waals surface area contributed by atoms with Gasteiger partial charge in [0, 0.05) is 23.1 Å². The van der Waals surface area contributed by atoms with Gasteiger partial charge < -0.3 is 10.6 Å². The molecule has 0 aliphatic carbocycles. The van der Waals surface area contributed by atoms with Gasteiger partial charge in [-0.3, -0.25) is 9.59 Å². The van der Waals surface area contributed by atoms with Crippen LogP contribution in [0.2, 0.25) is 0 Å². The summed E-state index contributed by atoms with van der Waals surface area (Å²) in [6, 6.07) is 7.09. The summed E-state index contributed by atoms with van der Waals surface area (Å²) < 4.78 is 0.847. The fourth-order valence-corrected chi connectivity index (χ4v) is 1.71. The lowest BCUT2D eigenvalue weighted by atomic mass is 10.2. The third kappa shape index (κ3) is 5.06. The number of hydrogen-bond acceptors (Lipinski definition) is 2. The first kappa shape index (κ1) is 15.0. The third-order valence-corrected chi connectivity index (χ3v) is 2.85. The molecule has 18 heavy (non-hydrogen) atoms. The second-order valence-corrected chi connectivity index (χ2v) is 5.24. The Kier molecular flexibility index (Phi) is 6.15. The highest BCUT2D eigenvalue weighted by atomic mass is 79.9. The number of halogens is 2. The summed E-state index contributed by atoms with van der Waals surface area (Å²) in [6.07, 6.45) is 0. The van der Waals surface area contributed by atoms with Gasteiger partial charge in [0.2, 0.25) is 5.91 Å². The normalized spacial score (nSPS) is 11.7. The highest BCUT2D eigenvalue weighted by molar-refractivity contribution is 9.10. The van der Waals surface area contributed by atoms with E-state index >= 15 is 0 Å². The Balaban J connectivity index is 2.32. The van der Waals surface area contributed by atoms with Crippen LogP contribution in [0.1, 0.15) is 17.3 Å². The van der Waals surface area contributed by atoms with Crippen LogP contribution in [0, 0.1) is 0 Å². The van der Waals surface area contributed by atoms with Crippen molar-refractivity contribution in [2.24, 2.45) is 0 Å². The van der Waals surface area contributed by atoms with E-state index in [1.807, 2.05) is 6.07 Å². The molecular formula is C12H14BrClN2O2. The average Bonchev–Trinajstić information content (AvgIpc) is 2.33. The average molecular weight is 334 g/mol. The van der Waals surface area contributed by atoms with Crippen molar-refractivity contribution < 1.29 is 9.59 Å². The molecule has 0 spiro atoms. The molecule has 0 aromatic heterocycles. The van der Waals surface area contributed by atoms with Crippen LogP contribution < -0.4 is 10.6 Å². The molecule has 1 aromatic carbocycles. The van der Waals surface area contributed by atoms with Crippen LogP contribution in [0.15, 0.2) is 28.7 Å². The summed E-state index contributed by atoms with van der Waals surface area (Å²) in [5, 5.41) is 4.74. The molecule has 4 nitrogen and oxygen atoms in total. The first-order valence-corrected chi connectivity index (χ1v) is 6.69. The first-order valence-electron chi connectivity index (χ1n) is 5.46. The first-order chi connectivity index (χ1) is 8.50. The van der Waals surface area contributed by atoms with E-state index < -0.39 is 5.38 Å². The molecule has 6 heteroatoms. The monoisotopic (exact) mass is 332 g/mol. The zero-order valence-corrected chi connectivity index (χ0v) is 12.2. The summed E-state index contributed by atoms with van der Waals surface area (Å²) in [7, 11) is 0. The van der Waals surface area contributed by atoms with Crippen molar-refractivity contribution in [3.8, 4) is 0 Å². The number of carbonyl (C=O) groups is 2. The lowest BCUT2D eigenvalue weighted by Gasteiger charge is -2.08. The smallest absolute Gasteiger partial charge is 0.251 e. The van der Waals surface area contributed by atoms with E-state index in [2.05, 4.69) is 26.6 Å². The summed E-state index contributed by atoms with van der Waals surface area (Å²) >= 11 is 8.87. The van der Waals surface area contributed by atoms with Gasteiger partial charge in [0.05, 0.1) is 0 Å². The zero-order valence-electron chi connectivity index (χ0n) is 9.87. The molecular weight excluding hydrogens is 320 g/mol. The molecule has 0 saturated heterocycles. The molecule has 0 bridgehead atoms. The highest BCUT2D eigenvalue weighted by Gasteiger charge is 2.08. The Morgan fingerprint density at radius 2 is 2.00 bits per heavy atom. The van der Waals surface area contributed by atoms with Gasteiger partial charge in [-0.05, 0) is 25.1 Å². The maximum Gasteiger partial charge on any atom is 0.251 e. The molecule has 98 valence electrons. The number of rotatable bonds is 5. The molecule has 0 heterocycles. The van der Waals surface area contributed by atoms with Crippen molar-refractivity contribution in [2.45, 2.75) is 12.3 Å². The minimum Gasteiger partial charge on any atom is -0.353 e. The molecule has 1 atom stereocenters. The molecule has 1 aromatic rings. The van der Waals surface area contributed by atoms with Gasteiger partial charge in [0.15, 0.2) is 0 Å². The van der Waals surface area contributed by atoms with E-state index in [1.54, 1.807) is 25.1 Å². The Morgan fingerprint density at radius 3 is 2.61 bits per heavy atom. The summed E-state index contributed by atoms with van der Waals surface area (Å²) in [5.74, 6) is -0.419.